The molecule has 1 aromatic carbocycles. The Kier molecular flexibility index (Phi) is 6.17. The van der Waals surface area contributed by atoms with Gasteiger partial charge in [-0.15, -0.1) is 11.3 Å². The van der Waals surface area contributed by atoms with Gasteiger partial charge in [-0.1, -0.05) is 29.8 Å². The molecule has 0 aliphatic rings. The van der Waals surface area contributed by atoms with Gasteiger partial charge in [-0.3, -0.25) is 9.59 Å². The van der Waals surface area contributed by atoms with Crippen molar-refractivity contribution in [2.75, 3.05) is 18.4 Å². The van der Waals surface area contributed by atoms with E-state index < -0.39 is 0 Å². The first kappa shape index (κ1) is 18.2. The summed E-state index contributed by atoms with van der Waals surface area (Å²) in [4.78, 5) is 27.1. The van der Waals surface area contributed by atoms with Crippen LogP contribution in [0.1, 0.15) is 33.9 Å². The van der Waals surface area contributed by atoms with E-state index in [-0.39, 0.29) is 11.8 Å². The summed E-state index contributed by atoms with van der Waals surface area (Å²) < 4.78 is 0. The number of benzene rings is 1. The molecule has 0 atom stereocenters. The van der Waals surface area contributed by atoms with Gasteiger partial charge in [0.25, 0.3) is 11.8 Å². The fraction of sp³-hybridized carbons (Fsp3) is 0.222. The van der Waals surface area contributed by atoms with Gasteiger partial charge in [0.15, 0.2) is 0 Å². The van der Waals surface area contributed by atoms with Crippen LogP contribution >= 0.6 is 22.9 Å². The summed E-state index contributed by atoms with van der Waals surface area (Å²) in [6.07, 6.45) is 0. The monoisotopic (exact) mass is 362 g/mol. The maximum absolute atomic E-state index is 12.6. The second-order valence-corrected chi connectivity index (χ2v) is 6.76. The molecule has 0 unspecified atom stereocenters. The fourth-order valence-electron chi connectivity index (χ4n) is 2.18. The Balaban J connectivity index is 2.22. The number of halogens is 1. The van der Waals surface area contributed by atoms with Crippen LogP contribution < -0.4 is 5.32 Å². The highest BCUT2D eigenvalue weighted by Gasteiger charge is 2.17. The lowest BCUT2D eigenvalue weighted by atomic mass is 10.1. The molecule has 24 heavy (non-hydrogen) atoms. The van der Waals surface area contributed by atoms with Crippen LogP contribution in [0.5, 0.6) is 0 Å². The SMILES string of the molecule is C=C(C)CN(CC)C(=O)c1ccc(Cl)c(NC(=O)c2cccs2)c1. The molecule has 1 heterocycles. The lowest BCUT2D eigenvalue weighted by Gasteiger charge is -2.21. The molecular formula is C18H19ClN2O2S. The minimum Gasteiger partial charge on any atom is -0.335 e. The molecule has 0 fully saturated rings. The van der Waals surface area contributed by atoms with E-state index in [1.165, 1.54) is 11.3 Å². The number of amides is 2. The van der Waals surface area contributed by atoms with Crippen molar-refractivity contribution in [3.63, 3.8) is 0 Å². The Hall–Kier alpha value is -2.11. The van der Waals surface area contributed by atoms with Gasteiger partial charge in [0.05, 0.1) is 15.6 Å². The van der Waals surface area contributed by atoms with Crippen LogP contribution in [0.4, 0.5) is 5.69 Å². The van der Waals surface area contributed by atoms with Crippen LogP contribution in [0.15, 0.2) is 47.9 Å². The third-order valence-electron chi connectivity index (χ3n) is 3.34. The van der Waals surface area contributed by atoms with E-state index in [1.54, 1.807) is 35.2 Å². The summed E-state index contributed by atoms with van der Waals surface area (Å²) in [5, 5.41) is 4.97. The Morgan fingerprint density at radius 3 is 2.67 bits per heavy atom. The van der Waals surface area contributed by atoms with Crippen molar-refractivity contribution in [1.29, 1.82) is 0 Å². The Morgan fingerprint density at radius 2 is 2.08 bits per heavy atom. The van der Waals surface area contributed by atoms with Gasteiger partial charge < -0.3 is 10.2 Å². The largest absolute Gasteiger partial charge is 0.335 e. The van der Waals surface area contributed by atoms with Crippen molar-refractivity contribution in [2.45, 2.75) is 13.8 Å². The Labute approximate surface area is 150 Å². The molecule has 6 heteroatoms. The van der Waals surface area contributed by atoms with Gasteiger partial charge in [-0.2, -0.15) is 0 Å². The van der Waals surface area contributed by atoms with E-state index in [2.05, 4.69) is 11.9 Å². The maximum Gasteiger partial charge on any atom is 0.265 e. The fourth-order valence-corrected chi connectivity index (χ4v) is 2.97. The number of nitrogens with zero attached hydrogens (tertiary/aromatic N) is 1. The summed E-state index contributed by atoms with van der Waals surface area (Å²) in [7, 11) is 0. The highest BCUT2D eigenvalue weighted by Crippen LogP contribution is 2.25. The number of hydrogen-bond donors (Lipinski definition) is 1. The van der Waals surface area contributed by atoms with Gasteiger partial charge in [0.2, 0.25) is 0 Å². The number of likely N-dealkylation sites (N-methyl/N-ethyl adjacent to an activating group) is 1. The van der Waals surface area contributed by atoms with Crippen LogP contribution in [0, 0.1) is 0 Å². The van der Waals surface area contributed by atoms with Crippen LogP contribution in [-0.4, -0.2) is 29.8 Å². The molecule has 0 saturated heterocycles. The summed E-state index contributed by atoms with van der Waals surface area (Å²) >= 11 is 7.50. The number of carbonyl (C=O) groups is 2. The van der Waals surface area contributed by atoms with Gasteiger partial charge >= 0.3 is 0 Å². The molecule has 0 radical (unpaired) electrons. The first-order valence-electron chi connectivity index (χ1n) is 7.50. The zero-order chi connectivity index (χ0) is 17.7. The average Bonchev–Trinajstić information content (AvgIpc) is 3.08. The molecule has 0 saturated carbocycles. The van der Waals surface area contributed by atoms with Gasteiger partial charge in [-0.05, 0) is 43.5 Å². The number of nitrogens with one attached hydrogen (secondary N) is 1. The topological polar surface area (TPSA) is 49.4 Å². The second-order valence-electron chi connectivity index (χ2n) is 5.40. The minimum absolute atomic E-state index is 0.121. The van der Waals surface area contributed by atoms with Gasteiger partial charge in [0, 0.05) is 18.7 Å². The average molecular weight is 363 g/mol. The number of thiophene rings is 1. The molecular weight excluding hydrogens is 344 g/mol. The van der Waals surface area contributed by atoms with Crippen LogP contribution in [0.25, 0.3) is 0 Å². The van der Waals surface area contributed by atoms with E-state index in [4.69, 9.17) is 11.6 Å². The Morgan fingerprint density at radius 1 is 1.33 bits per heavy atom. The van der Waals surface area contributed by atoms with E-state index in [1.807, 2.05) is 19.2 Å². The minimum atomic E-state index is -0.245. The molecule has 1 N–H and O–H groups in total. The van der Waals surface area contributed by atoms with E-state index in [0.29, 0.717) is 34.2 Å². The summed E-state index contributed by atoms with van der Waals surface area (Å²) in [6.45, 7) is 8.71. The molecule has 2 aromatic rings. The van der Waals surface area contributed by atoms with E-state index in [9.17, 15) is 9.59 Å². The normalized spacial score (nSPS) is 10.3. The van der Waals surface area contributed by atoms with Gasteiger partial charge in [0.1, 0.15) is 0 Å². The van der Waals surface area contributed by atoms with Crippen LogP contribution in [-0.2, 0) is 0 Å². The summed E-state index contributed by atoms with van der Waals surface area (Å²) in [5.74, 6) is -0.366. The standard InChI is InChI=1S/C18H19ClN2O2S/c1-4-21(11-12(2)3)18(23)13-7-8-14(19)15(10-13)20-17(22)16-6-5-9-24-16/h5-10H,2,4,11H2,1,3H3,(H,20,22). The number of anilines is 1. The highest BCUT2D eigenvalue weighted by molar-refractivity contribution is 7.12. The first-order valence-corrected chi connectivity index (χ1v) is 8.76. The zero-order valence-electron chi connectivity index (χ0n) is 13.6. The number of rotatable bonds is 6. The molecule has 2 amide bonds. The van der Waals surface area contributed by atoms with Crippen molar-refractivity contribution >= 4 is 40.4 Å². The van der Waals surface area contributed by atoms with E-state index >= 15 is 0 Å². The predicted octanol–water partition coefficient (Wildman–Crippen LogP) is 4.69. The maximum atomic E-state index is 12.6. The van der Waals surface area contributed by atoms with Crippen molar-refractivity contribution < 1.29 is 9.59 Å². The smallest absolute Gasteiger partial charge is 0.265 e. The molecule has 126 valence electrons. The summed E-state index contributed by atoms with van der Waals surface area (Å²) in [6, 6.07) is 8.42. The molecule has 0 aliphatic heterocycles. The quantitative estimate of drug-likeness (QED) is 0.757. The van der Waals surface area contributed by atoms with Gasteiger partial charge in [-0.25, -0.2) is 0 Å². The lowest BCUT2D eigenvalue weighted by molar-refractivity contribution is 0.0778. The van der Waals surface area contributed by atoms with Crippen molar-refractivity contribution in [3.05, 3.63) is 63.3 Å². The number of carbonyl (C=O) groups excluding carboxylic acids is 2. The molecule has 0 bridgehead atoms. The predicted molar refractivity (Wildman–Crippen MR) is 100 cm³/mol. The molecule has 2 rings (SSSR count). The molecule has 1 aromatic heterocycles. The molecule has 4 nitrogen and oxygen atoms in total. The highest BCUT2D eigenvalue weighted by atomic mass is 35.5. The van der Waals surface area contributed by atoms with Crippen LogP contribution in [0.2, 0.25) is 5.02 Å². The second kappa shape index (κ2) is 8.13. The summed E-state index contributed by atoms with van der Waals surface area (Å²) in [5.41, 5.74) is 1.81. The van der Waals surface area contributed by atoms with Crippen molar-refractivity contribution in [2.24, 2.45) is 0 Å². The number of hydrogen-bond acceptors (Lipinski definition) is 3. The third-order valence-corrected chi connectivity index (χ3v) is 4.53. The lowest BCUT2D eigenvalue weighted by Crippen LogP contribution is -2.32. The third kappa shape index (κ3) is 4.46. The van der Waals surface area contributed by atoms with Crippen LogP contribution in [0.3, 0.4) is 0 Å². The zero-order valence-corrected chi connectivity index (χ0v) is 15.2. The van der Waals surface area contributed by atoms with Crippen molar-refractivity contribution in [3.8, 4) is 0 Å². The first-order chi connectivity index (χ1) is 11.4. The molecule has 0 aliphatic carbocycles. The van der Waals surface area contributed by atoms with Crippen molar-refractivity contribution in [1.82, 2.24) is 4.90 Å². The molecule has 0 spiro atoms. The Bertz CT molecular complexity index is 756. The van der Waals surface area contributed by atoms with E-state index in [0.717, 1.165) is 5.57 Å².